The van der Waals surface area contributed by atoms with Crippen molar-refractivity contribution in [2.45, 2.75) is 65.3 Å². The second-order valence-electron chi connectivity index (χ2n) is 7.04. The first kappa shape index (κ1) is 16.4. The van der Waals surface area contributed by atoms with Gasteiger partial charge >= 0.3 is 0 Å². The molecule has 1 N–H and O–H groups in total. The van der Waals surface area contributed by atoms with Gasteiger partial charge in [0, 0.05) is 36.1 Å². The summed E-state index contributed by atoms with van der Waals surface area (Å²) >= 11 is 0. The SMILES string of the molecule is Cc1nc(C2CCOCC2)nc(C)c1CCNC(C)(C)C. The minimum Gasteiger partial charge on any atom is -0.381 e. The van der Waals surface area contributed by atoms with Crippen LogP contribution in [0.5, 0.6) is 0 Å². The third-order valence-electron chi connectivity index (χ3n) is 4.05. The molecule has 0 atom stereocenters. The standard InChI is InChI=1S/C17H29N3O/c1-12-15(6-9-18-17(3,4)5)13(2)20-16(19-12)14-7-10-21-11-8-14/h14,18H,6-11H2,1-5H3. The zero-order chi connectivity index (χ0) is 15.5. The maximum absolute atomic E-state index is 5.43. The van der Waals surface area contributed by atoms with E-state index in [0.717, 1.165) is 56.2 Å². The second kappa shape index (κ2) is 6.84. The maximum atomic E-state index is 5.43. The summed E-state index contributed by atoms with van der Waals surface area (Å²) < 4.78 is 5.43. The molecule has 2 rings (SSSR count). The normalized spacial score (nSPS) is 17.2. The van der Waals surface area contributed by atoms with E-state index in [9.17, 15) is 0 Å². The number of nitrogens with zero attached hydrogens (tertiary/aromatic N) is 2. The van der Waals surface area contributed by atoms with Gasteiger partial charge in [0.1, 0.15) is 5.82 Å². The van der Waals surface area contributed by atoms with Crippen molar-refractivity contribution in [3.63, 3.8) is 0 Å². The smallest absolute Gasteiger partial charge is 0.132 e. The molecule has 1 fully saturated rings. The van der Waals surface area contributed by atoms with Crippen LogP contribution in [-0.2, 0) is 11.2 Å². The van der Waals surface area contributed by atoms with Gasteiger partial charge < -0.3 is 10.1 Å². The van der Waals surface area contributed by atoms with Gasteiger partial charge in [0.15, 0.2) is 0 Å². The van der Waals surface area contributed by atoms with E-state index >= 15 is 0 Å². The quantitative estimate of drug-likeness (QED) is 0.926. The Hall–Kier alpha value is -1.00. The van der Waals surface area contributed by atoms with Gasteiger partial charge in [0.25, 0.3) is 0 Å². The number of hydrogen-bond donors (Lipinski definition) is 1. The largest absolute Gasteiger partial charge is 0.381 e. The number of rotatable bonds is 4. The molecule has 0 unspecified atom stereocenters. The van der Waals surface area contributed by atoms with Gasteiger partial charge in [-0.25, -0.2) is 9.97 Å². The molecule has 0 saturated carbocycles. The maximum Gasteiger partial charge on any atom is 0.132 e. The Morgan fingerprint density at radius 3 is 2.19 bits per heavy atom. The summed E-state index contributed by atoms with van der Waals surface area (Å²) in [5.41, 5.74) is 3.73. The lowest BCUT2D eigenvalue weighted by Crippen LogP contribution is -2.37. The third kappa shape index (κ3) is 4.75. The Bertz CT molecular complexity index is 450. The average molecular weight is 291 g/mol. The molecule has 1 aromatic rings. The van der Waals surface area contributed by atoms with Gasteiger partial charge in [-0.2, -0.15) is 0 Å². The second-order valence-corrected chi connectivity index (χ2v) is 7.04. The monoisotopic (exact) mass is 291 g/mol. The van der Waals surface area contributed by atoms with Gasteiger partial charge in [0.05, 0.1) is 0 Å². The van der Waals surface area contributed by atoms with Gasteiger partial charge in [0.2, 0.25) is 0 Å². The number of aryl methyl sites for hydroxylation is 2. The summed E-state index contributed by atoms with van der Waals surface area (Å²) in [5, 5.41) is 3.53. The summed E-state index contributed by atoms with van der Waals surface area (Å²) in [7, 11) is 0. The molecule has 4 heteroatoms. The van der Waals surface area contributed by atoms with Crippen LogP contribution in [0.4, 0.5) is 0 Å². The number of hydrogen-bond acceptors (Lipinski definition) is 4. The van der Waals surface area contributed by atoms with E-state index in [0.29, 0.717) is 5.92 Å². The lowest BCUT2D eigenvalue weighted by Gasteiger charge is -2.23. The molecule has 0 bridgehead atoms. The van der Waals surface area contributed by atoms with Crippen LogP contribution < -0.4 is 5.32 Å². The minimum atomic E-state index is 0.157. The molecule has 1 aliphatic heterocycles. The molecule has 1 saturated heterocycles. The van der Waals surface area contributed by atoms with Crippen molar-refractivity contribution >= 4 is 0 Å². The Morgan fingerprint density at radius 1 is 1.10 bits per heavy atom. The molecular formula is C17H29N3O. The van der Waals surface area contributed by atoms with E-state index in [1.807, 2.05) is 0 Å². The first-order chi connectivity index (χ1) is 9.87. The van der Waals surface area contributed by atoms with Crippen molar-refractivity contribution in [1.82, 2.24) is 15.3 Å². The summed E-state index contributed by atoms with van der Waals surface area (Å²) in [6.45, 7) is 13.4. The summed E-state index contributed by atoms with van der Waals surface area (Å²) in [5.74, 6) is 1.48. The molecule has 1 aromatic heterocycles. The number of ether oxygens (including phenoxy) is 1. The molecule has 0 radical (unpaired) electrons. The Balaban J connectivity index is 2.06. The third-order valence-corrected chi connectivity index (χ3v) is 4.05. The van der Waals surface area contributed by atoms with Crippen molar-refractivity contribution in [1.29, 1.82) is 0 Å². The van der Waals surface area contributed by atoms with E-state index in [2.05, 4.69) is 39.9 Å². The molecular weight excluding hydrogens is 262 g/mol. The number of aromatic nitrogens is 2. The zero-order valence-electron chi connectivity index (χ0n) is 14.1. The predicted octanol–water partition coefficient (Wildman–Crippen LogP) is 2.92. The van der Waals surface area contributed by atoms with Crippen molar-refractivity contribution in [3.05, 3.63) is 22.8 Å². The minimum absolute atomic E-state index is 0.157. The fourth-order valence-corrected chi connectivity index (χ4v) is 2.83. The molecule has 0 spiro atoms. The predicted molar refractivity (Wildman–Crippen MR) is 85.8 cm³/mol. The number of nitrogens with one attached hydrogen (secondary N) is 1. The fraction of sp³-hybridized carbons (Fsp3) is 0.765. The van der Waals surface area contributed by atoms with E-state index in [4.69, 9.17) is 14.7 Å². The van der Waals surface area contributed by atoms with Crippen LogP contribution in [0.1, 0.15) is 62.3 Å². The highest BCUT2D eigenvalue weighted by Gasteiger charge is 2.20. The van der Waals surface area contributed by atoms with Gasteiger partial charge in [-0.1, -0.05) is 0 Å². The highest BCUT2D eigenvalue weighted by atomic mass is 16.5. The van der Waals surface area contributed by atoms with Gasteiger partial charge in [-0.3, -0.25) is 0 Å². The first-order valence-corrected chi connectivity index (χ1v) is 8.03. The van der Waals surface area contributed by atoms with E-state index < -0.39 is 0 Å². The van der Waals surface area contributed by atoms with Gasteiger partial charge in [-0.05, 0) is 66.0 Å². The molecule has 1 aliphatic rings. The van der Waals surface area contributed by atoms with Crippen molar-refractivity contribution in [2.24, 2.45) is 0 Å². The Morgan fingerprint density at radius 2 is 1.67 bits per heavy atom. The van der Waals surface area contributed by atoms with E-state index in [1.165, 1.54) is 5.56 Å². The zero-order valence-corrected chi connectivity index (χ0v) is 14.1. The summed E-state index contributed by atoms with van der Waals surface area (Å²) in [6, 6.07) is 0. The van der Waals surface area contributed by atoms with E-state index in [-0.39, 0.29) is 5.54 Å². The lowest BCUT2D eigenvalue weighted by molar-refractivity contribution is 0.0835. The molecule has 118 valence electrons. The summed E-state index contributed by atoms with van der Waals surface area (Å²) in [4.78, 5) is 9.56. The molecule has 4 nitrogen and oxygen atoms in total. The molecule has 2 heterocycles. The van der Waals surface area contributed by atoms with Gasteiger partial charge in [-0.15, -0.1) is 0 Å². The highest BCUT2D eigenvalue weighted by molar-refractivity contribution is 5.25. The molecule has 0 aromatic carbocycles. The van der Waals surface area contributed by atoms with Crippen molar-refractivity contribution in [2.75, 3.05) is 19.8 Å². The van der Waals surface area contributed by atoms with Crippen LogP contribution in [-0.4, -0.2) is 35.3 Å². The van der Waals surface area contributed by atoms with Crippen molar-refractivity contribution < 1.29 is 4.74 Å². The first-order valence-electron chi connectivity index (χ1n) is 8.03. The van der Waals surface area contributed by atoms with Crippen LogP contribution in [0.3, 0.4) is 0 Å². The van der Waals surface area contributed by atoms with Crippen LogP contribution in [0.15, 0.2) is 0 Å². The Kier molecular flexibility index (Phi) is 5.33. The van der Waals surface area contributed by atoms with Crippen LogP contribution in [0.2, 0.25) is 0 Å². The topological polar surface area (TPSA) is 47.0 Å². The van der Waals surface area contributed by atoms with Crippen LogP contribution in [0.25, 0.3) is 0 Å². The average Bonchev–Trinajstić information content (AvgIpc) is 2.41. The lowest BCUT2D eigenvalue weighted by atomic mass is 9.98. The van der Waals surface area contributed by atoms with E-state index in [1.54, 1.807) is 0 Å². The Labute approximate surface area is 128 Å². The van der Waals surface area contributed by atoms with Crippen LogP contribution in [0, 0.1) is 13.8 Å². The highest BCUT2D eigenvalue weighted by Crippen LogP contribution is 2.25. The fourth-order valence-electron chi connectivity index (χ4n) is 2.83. The molecule has 0 amide bonds. The summed E-state index contributed by atoms with van der Waals surface area (Å²) in [6.07, 6.45) is 3.08. The van der Waals surface area contributed by atoms with Crippen molar-refractivity contribution in [3.8, 4) is 0 Å². The molecule has 21 heavy (non-hydrogen) atoms. The molecule has 0 aliphatic carbocycles. The van der Waals surface area contributed by atoms with Crippen LogP contribution >= 0.6 is 0 Å².